The van der Waals surface area contributed by atoms with E-state index >= 15 is 0 Å². The van der Waals surface area contributed by atoms with E-state index in [4.69, 9.17) is 0 Å². The Labute approximate surface area is 91.7 Å². The van der Waals surface area contributed by atoms with Crippen LogP contribution in [0.1, 0.15) is 31.9 Å². The van der Waals surface area contributed by atoms with Gasteiger partial charge >= 0.3 is 18.9 Å². The van der Waals surface area contributed by atoms with Gasteiger partial charge in [0.2, 0.25) is 0 Å². The molecule has 1 rings (SSSR count). The summed E-state index contributed by atoms with van der Waals surface area (Å²) in [5.41, 5.74) is 1.66. The first kappa shape index (κ1) is 12.7. The number of aryl methyl sites for hydroxylation is 1. The van der Waals surface area contributed by atoms with Crippen LogP contribution in [0.3, 0.4) is 0 Å². The Kier molecular flexibility index (Phi) is 4.22. The minimum absolute atomic E-state index is 0. The van der Waals surface area contributed by atoms with E-state index in [-0.39, 0.29) is 30.1 Å². The predicted molar refractivity (Wildman–Crippen MR) is 48.7 cm³/mol. The zero-order valence-electron chi connectivity index (χ0n) is 9.03. The third-order valence-electron chi connectivity index (χ3n) is 1.84. The molecule has 0 radical (unpaired) electrons. The number of halogens is 1. The largest absolute Gasteiger partial charge is 1.00 e. The molecule has 0 unspecified atom stereocenters. The van der Waals surface area contributed by atoms with Gasteiger partial charge in [0, 0.05) is 5.82 Å². The molecule has 0 saturated heterocycles. The maximum Gasteiger partial charge on any atom is 1.00 e. The van der Waals surface area contributed by atoms with Crippen molar-refractivity contribution in [3.8, 4) is 0 Å². The van der Waals surface area contributed by atoms with Crippen molar-refractivity contribution in [1.82, 2.24) is 0 Å². The van der Waals surface area contributed by atoms with Crippen molar-refractivity contribution in [1.29, 1.82) is 0 Å². The van der Waals surface area contributed by atoms with Gasteiger partial charge in [0.1, 0.15) is 0 Å². The first-order chi connectivity index (χ1) is 5.41. The van der Waals surface area contributed by atoms with Crippen molar-refractivity contribution in [2.24, 2.45) is 0 Å². The Morgan fingerprint density at radius 2 is 1.85 bits per heavy atom. The van der Waals surface area contributed by atoms with Crippen LogP contribution in [-0.4, -0.2) is 0 Å². The second-order valence-electron chi connectivity index (χ2n) is 4.15. The molecule has 13 heavy (non-hydrogen) atoms. The third-order valence-corrected chi connectivity index (χ3v) is 1.84. The molecular weight excluding hydrogens is 158 g/mol. The van der Waals surface area contributed by atoms with E-state index in [1.165, 1.54) is 0 Å². The standard InChI is InChI=1S/C11H14F.Li/c1-8-5-6-10(12)9(7-8)11(2,3)4;/h5,7H,1-4H3;/q-1;+1. The van der Waals surface area contributed by atoms with E-state index in [0.717, 1.165) is 11.1 Å². The summed E-state index contributed by atoms with van der Waals surface area (Å²) in [6.45, 7) is 7.95. The average Bonchev–Trinajstić information content (AvgIpc) is 1.92. The SMILES string of the molecule is Cc1c[c-]c(F)c(C(C)(C)C)c1.[Li+]. The van der Waals surface area contributed by atoms with Gasteiger partial charge in [-0.15, -0.1) is 11.6 Å². The minimum atomic E-state index is -0.229. The maximum atomic E-state index is 13.2. The second-order valence-corrected chi connectivity index (χ2v) is 4.15. The fourth-order valence-corrected chi connectivity index (χ4v) is 1.13. The van der Waals surface area contributed by atoms with Crippen LogP contribution in [-0.2, 0) is 5.41 Å². The predicted octanol–water partition coefficient (Wildman–Crippen LogP) is 0.236. The maximum absolute atomic E-state index is 13.2. The van der Waals surface area contributed by atoms with Gasteiger partial charge in [-0.25, -0.2) is 4.39 Å². The first-order valence-corrected chi connectivity index (χ1v) is 4.09. The zero-order valence-corrected chi connectivity index (χ0v) is 9.03. The molecule has 0 amide bonds. The molecule has 66 valence electrons. The number of benzene rings is 1. The number of hydrogen-bond donors (Lipinski definition) is 0. The fourth-order valence-electron chi connectivity index (χ4n) is 1.13. The molecular formula is C11H14FLi. The molecule has 0 spiro atoms. The fraction of sp³-hybridized carbons (Fsp3) is 0.455. The van der Waals surface area contributed by atoms with Gasteiger partial charge in [-0.3, -0.25) is 0 Å². The topological polar surface area (TPSA) is 0 Å². The summed E-state index contributed by atoms with van der Waals surface area (Å²) in [5.74, 6) is -0.229. The summed E-state index contributed by atoms with van der Waals surface area (Å²) >= 11 is 0. The van der Waals surface area contributed by atoms with E-state index in [9.17, 15) is 4.39 Å². The van der Waals surface area contributed by atoms with Crippen LogP contribution in [0, 0.1) is 18.8 Å². The summed E-state index contributed by atoms with van der Waals surface area (Å²) in [6, 6.07) is 6.16. The Bertz CT molecular complexity index is 287. The van der Waals surface area contributed by atoms with Crippen LogP contribution in [0.2, 0.25) is 0 Å². The molecule has 2 heteroatoms. The van der Waals surface area contributed by atoms with E-state index in [1.807, 2.05) is 33.8 Å². The summed E-state index contributed by atoms with van der Waals surface area (Å²) in [6.07, 6.45) is 0. The van der Waals surface area contributed by atoms with Gasteiger partial charge in [-0.1, -0.05) is 33.1 Å². The van der Waals surface area contributed by atoms with Crippen LogP contribution < -0.4 is 18.9 Å². The summed E-state index contributed by atoms with van der Waals surface area (Å²) in [7, 11) is 0. The van der Waals surface area contributed by atoms with Gasteiger partial charge in [-0.05, 0) is 0 Å². The molecule has 0 atom stereocenters. The first-order valence-electron chi connectivity index (χ1n) is 4.09. The van der Waals surface area contributed by atoms with Crippen LogP contribution in [0.25, 0.3) is 0 Å². The van der Waals surface area contributed by atoms with Crippen molar-refractivity contribution in [2.75, 3.05) is 0 Å². The summed E-state index contributed by atoms with van der Waals surface area (Å²) < 4.78 is 13.2. The van der Waals surface area contributed by atoms with Crippen molar-refractivity contribution >= 4 is 0 Å². The van der Waals surface area contributed by atoms with Crippen LogP contribution >= 0.6 is 0 Å². The minimum Gasteiger partial charge on any atom is -0.236 e. The molecule has 0 aliphatic heterocycles. The molecule has 0 aliphatic rings. The van der Waals surface area contributed by atoms with Gasteiger partial charge < -0.3 is 0 Å². The summed E-state index contributed by atoms with van der Waals surface area (Å²) in [4.78, 5) is 0. The van der Waals surface area contributed by atoms with E-state index < -0.39 is 0 Å². The normalized spacial score (nSPS) is 10.8. The quantitative estimate of drug-likeness (QED) is 0.388. The molecule has 0 nitrogen and oxygen atoms in total. The Hall–Kier alpha value is -0.253. The third kappa shape index (κ3) is 3.18. The van der Waals surface area contributed by atoms with E-state index in [0.29, 0.717) is 0 Å². The Morgan fingerprint density at radius 3 is 2.23 bits per heavy atom. The van der Waals surface area contributed by atoms with E-state index in [2.05, 4.69) is 6.07 Å². The second kappa shape index (κ2) is 4.31. The average molecular weight is 172 g/mol. The Balaban J connectivity index is 0.00000144. The van der Waals surface area contributed by atoms with Gasteiger partial charge in [-0.2, -0.15) is 17.7 Å². The van der Waals surface area contributed by atoms with Crippen molar-refractivity contribution in [3.05, 3.63) is 35.1 Å². The van der Waals surface area contributed by atoms with Crippen LogP contribution in [0.5, 0.6) is 0 Å². The van der Waals surface area contributed by atoms with Crippen molar-refractivity contribution < 1.29 is 23.3 Å². The smallest absolute Gasteiger partial charge is 0.236 e. The number of hydrogen-bond acceptors (Lipinski definition) is 0. The monoisotopic (exact) mass is 172 g/mol. The van der Waals surface area contributed by atoms with Gasteiger partial charge in [0.25, 0.3) is 0 Å². The van der Waals surface area contributed by atoms with Crippen molar-refractivity contribution in [2.45, 2.75) is 33.1 Å². The Morgan fingerprint density at radius 1 is 1.31 bits per heavy atom. The van der Waals surface area contributed by atoms with Gasteiger partial charge in [0.15, 0.2) is 0 Å². The molecule has 0 aliphatic carbocycles. The summed E-state index contributed by atoms with van der Waals surface area (Å²) in [5, 5.41) is 0. The van der Waals surface area contributed by atoms with Crippen LogP contribution in [0.4, 0.5) is 4.39 Å². The van der Waals surface area contributed by atoms with Crippen LogP contribution in [0.15, 0.2) is 12.1 Å². The van der Waals surface area contributed by atoms with Crippen molar-refractivity contribution in [3.63, 3.8) is 0 Å². The molecule has 0 aromatic heterocycles. The zero-order chi connectivity index (χ0) is 9.35. The molecule has 0 heterocycles. The molecule has 0 saturated carbocycles. The number of rotatable bonds is 0. The van der Waals surface area contributed by atoms with E-state index in [1.54, 1.807) is 6.07 Å². The molecule has 0 N–H and O–H groups in total. The molecule has 0 bridgehead atoms. The molecule has 1 aromatic rings. The van der Waals surface area contributed by atoms with Gasteiger partial charge in [0.05, 0.1) is 0 Å². The molecule has 1 aromatic carbocycles. The molecule has 0 fully saturated rings.